The topological polar surface area (TPSA) is 59.2 Å². The number of nitrogens with one attached hydrogen (secondary N) is 1. The summed E-state index contributed by atoms with van der Waals surface area (Å²) in [7, 11) is 0. The molecule has 0 saturated heterocycles. The summed E-state index contributed by atoms with van der Waals surface area (Å²) in [5, 5.41) is -0.965. The lowest BCUT2D eigenvalue weighted by Crippen LogP contribution is -2.24. The van der Waals surface area contributed by atoms with E-state index in [2.05, 4.69) is 4.74 Å². The molecular formula is C8H5ClF3NO3. The lowest BCUT2D eigenvalue weighted by Gasteiger charge is -2.09. The molecule has 0 spiro atoms. The molecule has 1 rings (SSSR count). The molecule has 1 N–H and O–H groups in total. The van der Waals surface area contributed by atoms with Gasteiger partial charge in [-0.05, 0) is 30.2 Å². The number of hydrogen-bond donors (Lipinski definition) is 1. The molecule has 8 heteroatoms. The molecule has 0 unspecified atom stereocenters. The van der Waals surface area contributed by atoms with Crippen LogP contribution in [0.4, 0.5) is 13.2 Å². The fourth-order valence-electron chi connectivity index (χ4n) is 1.01. The fraction of sp³-hybridized carbons (Fsp3) is 0.250. The second-order valence-corrected chi connectivity index (χ2v) is 3.19. The largest absolute Gasteiger partial charge is 0.573 e. The third-order valence-corrected chi connectivity index (χ3v) is 1.82. The number of rotatable bonds is 2. The number of aromatic nitrogens is 1. The van der Waals surface area contributed by atoms with Crippen LogP contribution in [-0.2, 0) is 0 Å². The second kappa shape index (κ2) is 4.17. The van der Waals surface area contributed by atoms with Gasteiger partial charge >= 0.3 is 6.36 Å². The van der Waals surface area contributed by atoms with Gasteiger partial charge in [0.15, 0.2) is 5.75 Å². The Labute approximate surface area is 92.0 Å². The summed E-state index contributed by atoms with van der Waals surface area (Å²) in [6, 6.07) is 0.794. The first-order valence-corrected chi connectivity index (χ1v) is 4.28. The summed E-state index contributed by atoms with van der Waals surface area (Å²) >= 11 is 5.09. The van der Waals surface area contributed by atoms with E-state index in [0.29, 0.717) is 0 Å². The molecule has 0 bridgehead atoms. The van der Waals surface area contributed by atoms with Crippen molar-refractivity contribution in [3.05, 3.63) is 27.7 Å². The minimum atomic E-state index is -4.97. The Hall–Kier alpha value is -1.50. The predicted octanol–water partition coefficient (Wildman–Crippen LogP) is 1.96. The van der Waals surface area contributed by atoms with Crippen molar-refractivity contribution in [1.82, 2.24) is 4.98 Å². The first kappa shape index (κ1) is 12.6. The molecule has 0 aliphatic carbocycles. The molecular weight excluding hydrogens is 251 g/mol. The maximum Gasteiger partial charge on any atom is 0.573 e. The average Bonchev–Trinajstić information content (AvgIpc) is 2.07. The Morgan fingerprint density at radius 3 is 2.50 bits per heavy atom. The Kier molecular flexibility index (Phi) is 3.27. The maximum atomic E-state index is 11.8. The van der Waals surface area contributed by atoms with Gasteiger partial charge in [0.1, 0.15) is 5.69 Å². The quantitative estimate of drug-likeness (QED) is 0.822. The molecule has 0 fully saturated rings. The zero-order chi connectivity index (χ0) is 12.5. The molecule has 1 aromatic rings. The van der Waals surface area contributed by atoms with Gasteiger partial charge in [0.05, 0.1) is 0 Å². The van der Waals surface area contributed by atoms with Gasteiger partial charge in [-0.3, -0.25) is 9.59 Å². The zero-order valence-electron chi connectivity index (χ0n) is 7.81. The number of aromatic amines is 1. The van der Waals surface area contributed by atoms with Crippen LogP contribution in [0.15, 0.2) is 10.9 Å². The highest BCUT2D eigenvalue weighted by atomic mass is 35.5. The van der Waals surface area contributed by atoms with Gasteiger partial charge in [-0.2, -0.15) is 0 Å². The van der Waals surface area contributed by atoms with Crippen LogP contribution in [0.5, 0.6) is 5.75 Å². The summed E-state index contributed by atoms with van der Waals surface area (Å²) in [6.07, 6.45) is -4.97. The zero-order valence-corrected chi connectivity index (χ0v) is 8.57. The molecule has 0 amide bonds. The lowest BCUT2D eigenvalue weighted by molar-refractivity contribution is -0.275. The van der Waals surface area contributed by atoms with Crippen LogP contribution in [-0.4, -0.2) is 16.6 Å². The van der Waals surface area contributed by atoms with E-state index in [0.717, 1.165) is 6.07 Å². The van der Waals surface area contributed by atoms with Gasteiger partial charge in [-0.1, -0.05) is 0 Å². The molecule has 4 nitrogen and oxygen atoms in total. The van der Waals surface area contributed by atoms with Crippen molar-refractivity contribution in [2.75, 3.05) is 0 Å². The minimum Gasteiger partial charge on any atom is -0.400 e. The summed E-state index contributed by atoms with van der Waals surface area (Å²) in [4.78, 5) is 23.7. The minimum absolute atomic E-state index is 0.0823. The average molecular weight is 256 g/mol. The molecule has 0 radical (unpaired) electrons. The molecule has 0 aromatic carbocycles. The smallest absolute Gasteiger partial charge is 0.400 e. The number of alkyl halides is 3. The highest BCUT2D eigenvalue weighted by molar-refractivity contribution is 6.67. The first-order valence-electron chi connectivity index (χ1n) is 3.90. The van der Waals surface area contributed by atoms with Gasteiger partial charge in [0.2, 0.25) is 0 Å². The van der Waals surface area contributed by atoms with Gasteiger partial charge in [0, 0.05) is 0 Å². The third kappa shape index (κ3) is 2.99. The van der Waals surface area contributed by atoms with Gasteiger partial charge < -0.3 is 9.72 Å². The van der Waals surface area contributed by atoms with Crippen LogP contribution in [0.2, 0.25) is 0 Å². The van der Waals surface area contributed by atoms with Crippen LogP contribution >= 0.6 is 11.6 Å². The molecule has 0 saturated carbocycles. The normalized spacial score (nSPS) is 11.3. The van der Waals surface area contributed by atoms with Crippen molar-refractivity contribution in [3.63, 3.8) is 0 Å². The Balaban J connectivity index is 3.21. The molecule has 1 heterocycles. The van der Waals surface area contributed by atoms with E-state index in [1.807, 2.05) is 4.98 Å². The van der Waals surface area contributed by atoms with Crippen molar-refractivity contribution in [2.24, 2.45) is 0 Å². The van der Waals surface area contributed by atoms with Crippen LogP contribution in [0.25, 0.3) is 0 Å². The second-order valence-electron chi connectivity index (χ2n) is 2.84. The first-order chi connectivity index (χ1) is 7.20. The Bertz CT molecular complexity index is 480. The summed E-state index contributed by atoms with van der Waals surface area (Å²) in [5.74, 6) is -0.938. The third-order valence-electron chi connectivity index (χ3n) is 1.63. The van der Waals surface area contributed by atoms with Crippen LogP contribution in [0.1, 0.15) is 16.1 Å². The van der Waals surface area contributed by atoms with E-state index < -0.39 is 22.9 Å². The van der Waals surface area contributed by atoms with Gasteiger partial charge in [-0.25, -0.2) is 0 Å². The standard InChI is InChI=1S/C8H5ClF3NO3/c1-3-2-4(16-8(10,11)12)7(15)13-5(3)6(9)14/h2H,1H3,(H,13,15). The van der Waals surface area contributed by atoms with Crippen molar-refractivity contribution in [3.8, 4) is 5.75 Å². The van der Waals surface area contributed by atoms with E-state index in [1.54, 1.807) is 0 Å². The monoisotopic (exact) mass is 255 g/mol. The van der Waals surface area contributed by atoms with Gasteiger partial charge in [0.25, 0.3) is 10.8 Å². The highest BCUT2D eigenvalue weighted by Crippen LogP contribution is 2.21. The van der Waals surface area contributed by atoms with Crippen molar-refractivity contribution in [1.29, 1.82) is 0 Å². The molecule has 0 aliphatic rings. The number of pyridine rings is 1. The summed E-state index contributed by atoms with van der Waals surface area (Å²) < 4.78 is 39.0. The van der Waals surface area contributed by atoms with Gasteiger partial charge in [-0.15, -0.1) is 13.2 Å². The van der Waals surface area contributed by atoms with Crippen LogP contribution in [0.3, 0.4) is 0 Å². The van der Waals surface area contributed by atoms with Crippen LogP contribution in [0, 0.1) is 6.92 Å². The number of hydrogen-bond acceptors (Lipinski definition) is 3. The van der Waals surface area contributed by atoms with Crippen molar-refractivity contribution >= 4 is 16.8 Å². The maximum absolute atomic E-state index is 11.8. The number of halogens is 4. The van der Waals surface area contributed by atoms with E-state index in [9.17, 15) is 22.8 Å². The number of ether oxygens (including phenoxy) is 1. The summed E-state index contributed by atoms with van der Waals surface area (Å²) in [6.45, 7) is 1.31. The molecule has 1 aromatic heterocycles. The molecule has 16 heavy (non-hydrogen) atoms. The van der Waals surface area contributed by atoms with E-state index in [-0.39, 0.29) is 11.3 Å². The number of aryl methyl sites for hydroxylation is 1. The Morgan fingerprint density at radius 1 is 1.50 bits per heavy atom. The SMILES string of the molecule is Cc1cc(OC(F)(F)F)c(=O)[nH]c1C(=O)Cl. The number of carbonyl (C=O) groups excluding carboxylic acids is 1. The molecule has 88 valence electrons. The Morgan fingerprint density at radius 2 is 2.06 bits per heavy atom. The summed E-state index contributed by atoms with van der Waals surface area (Å²) in [5.41, 5.74) is -1.35. The van der Waals surface area contributed by atoms with E-state index in [4.69, 9.17) is 11.6 Å². The molecule has 0 aliphatic heterocycles. The molecule has 0 atom stereocenters. The predicted molar refractivity (Wildman–Crippen MR) is 48.7 cm³/mol. The van der Waals surface area contributed by atoms with E-state index >= 15 is 0 Å². The van der Waals surface area contributed by atoms with Crippen molar-refractivity contribution in [2.45, 2.75) is 13.3 Å². The number of H-pyrrole nitrogens is 1. The van der Waals surface area contributed by atoms with Crippen LogP contribution < -0.4 is 10.3 Å². The highest BCUT2D eigenvalue weighted by Gasteiger charge is 2.32. The fourth-order valence-corrected chi connectivity index (χ4v) is 1.21. The number of carbonyl (C=O) groups is 1. The lowest BCUT2D eigenvalue weighted by atomic mass is 10.2. The van der Waals surface area contributed by atoms with E-state index in [1.165, 1.54) is 6.92 Å². The van der Waals surface area contributed by atoms with Crippen molar-refractivity contribution < 1.29 is 22.7 Å².